The highest BCUT2D eigenvalue weighted by Crippen LogP contribution is 2.25. The predicted molar refractivity (Wildman–Crippen MR) is 101 cm³/mol. The number of nitrogens with zero attached hydrogens (tertiary/aromatic N) is 4. The Morgan fingerprint density at radius 2 is 1.83 bits per heavy atom. The molecule has 2 heterocycles. The maximum atomic E-state index is 4.75. The van der Waals surface area contributed by atoms with Gasteiger partial charge >= 0.3 is 0 Å². The molecule has 24 heavy (non-hydrogen) atoms. The Balaban J connectivity index is 1.58. The van der Waals surface area contributed by atoms with Crippen molar-refractivity contribution < 1.29 is 0 Å². The summed E-state index contributed by atoms with van der Waals surface area (Å²) < 4.78 is 2.90. The number of hydrogen-bond acceptors (Lipinski definition) is 5. The maximum Gasteiger partial charge on any atom is 0.212 e. The Morgan fingerprint density at radius 3 is 2.62 bits per heavy atom. The number of nitrogens with one attached hydrogen (secondary N) is 1. The molecule has 0 bridgehead atoms. The first-order valence-corrected chi connectivity index (χ1v) is 9.27. The Hall–Kier alpha value is -2.12. The molecular weight excluding hydrogens is 386 g/mol. The van der Waals surface area contributed by atoms with Gasteiger partial charge in [-0.1, -0.05) is 58.0 Å². The van der Waals surface area contributed by atoms with Crippen molar-refractivity contribution in [2.75, 3.05) is 11.1 Å². The first-order valence-electron chi connectivity index (χ1n) is 7.49. The van der Waals surface area contributed by atoms with Gasteiger partial charge in [-0.2, -0.15) is 9.78 Å². The molecule has 2 aromatic carbocycles. The van der Waals surface area contributed by atoms with Crippen molar-refractivity contribution in [3.63, 3.8) is 0 Å². The molecule has 5 nitrogen and oxygen atoms in total. The van der Waals surface area contributed by atoms with Gasteiger partial charge < -0.3 is 5.32 Å². The zero-order valence-corrected chi connectivity index (χ0v) is 15.1. The second kappa shape index (κ2) is 6.78. The van der Waals surface area contributed by atoms with E-state index in [9.17, 15) is 0 Å². The van der Waals surface area contributed by atoms with Gasteiger partial charge in [-0.25, -0.2) is 0 Å². The standard InChI is InChI=1S/C17H14BrN5S/c18-13-8-6-12(7-9-13)15-11-24-17-21-20-16(23(17)22-15)10-19-14-4-2-1-3-5-14/h1-9,19H,10-11H2. The molecule has 3 aromatic rings. The normalized spacial score (nSPS) is 13.3. The number of rotatable bonds is 4. The van der Waals surface area contributed by atoms with Crippen LogP contribution in [0.5, 0.6) is 0 Å². The second-order valence-electron chi connectivity index (χ2n) is 5.27. The number of fused-ring (bicyclic) bond motifs is 1. The number of thioether (sulfide) groups is 1. The summed E-state index contributed by atoms with van der Waals surface area (Å²) in [5, 5.41) is 17.4. The highest BCUT2D eigenvalue weighted by molar-refractivity contribution is 9.10. The number of halogens is 1. The minimum atomic E-state index is 0.578. The SMILES string of the molecule is Brc1ccc(C2=Nn3c(CNc4ccccc4)nnc3SC2)cc1. The fourth-order valence-corrected chi connectivity index (χ4v) is 3.52. The Bertz CT molecular complexity index is 874. The summed E-state index contributed by atoms with van der Waals surface area (Å²) >= 11 is 5.12. The molecule has 0 radical (unpaired) electrons. The van der Waals surface area contributed by atoms with E-state index >= 15 is 0 Å². The van der Waals surface area contributed by atoms with Crippen molar-refractivity contribution in [1.29, 1.82) is 0 Å². The van der Waals surface area contributed by atoms with Crippen LogP contribution in [-0.4, -0.2) is 26.3 Å². The summed E-state index contributed by atoms with van der Waals surface area (Å²) in [6.07, 6.45) is 0. The van der Waals surface area contributed by atoms with E-state index in [2.05, 4.69) is 43.6 Å². The van der Waals surface area contributed by atoms with E-state index in [1.165, 1.54) is 0 Å². The van der Waals surface area contributed by atoms with Crippen LogP contribution in [-0.2, 0) is 6.54 Å². The van der Waals surface area contributed by atoms with E-state index in [1.807, 2.05) is 47.1 Å². The van der Waals surface area contributed by atoms with Gasteiger partial charge in [-0.05, 0) is 29.8 Å². The molecule has 0 fully saturated rings. The summed E-state index contributed by atoms with van der Waals surface area (Å²) in [5.41, 5.74) is 3.20. The number of para-hydroxylation sites is 1. The molecule has 0 atom stereocenters. The van der Waals surface area contributed by atoms with Crippen LogP contribution in [0.2, 0.25) is 0 Å². The summed E-state index contributed by atoms with van der Waals surface area (Å²) in [7, 11) is 0. The predicted octanol–water partition coefficient (Wildman–Crippen LogP) is 4.01. The van der Waals surface area contributed by atoms with Gasteiger partial charge in [-0.15, -0.1) is 10.2 Å². The van der Waals surface area contributed by atoms with Gasteiger partial charge in [-0.3, -0.25) is 0 Å². The molecule has 4 rings (SSSR count). The minimum absolute atomic E-state index is 0.578. The lowest BCUT2D eigenvalue weighted by molar-refractivity contribution is 0.716. The molecule has 0 saturated heterocycles. The second-order valence-corrected chi connectivity index (χ2v) is 7.13. The Labute approximate surface area is 152 Å². The molecule has 0 spiro atoms. The van der Waals surface area contributed by atoms with E-state index in [0.29, 0.717) is 6.54 Å². The molecule has 1 aliphatic heterocycles. The van der Waals surface area contributed by atoms with E-state index in [4.69, 9.17) is 5.10 Å². The Morgan fingerprint density at radius 1 is 1.04 bits per heavy atom. The smallest absolute Gasteiger partial charge is 0.212 e. The first-order chi connectivity index (χ1) is 11.8. The molecule has 0 saturated carbocycles. The van der Waals surface area contributed by atoms with Crippen LogP contribution in [0.15, 0.2) is 69.3 Å². The van der Waals surface area contributed by atoms with Crippen molar-refractivity contribution >= 4 is 39.1 Å². The molecule has 1 N–H and O–H groups in total. The van der Waals surface area contributed by atoms with Crippen molar-refractivity contribution in [3.05, 3.63) is 70.5 Å². The van der Waals surface area contributed by atoms with Crippen molar-refractivity contribution in [2.24, 2.45) is 5.10 Å². The van der Waals surface area contributed by atoms with Crippen LogP contribution in [0.1, 0.15) is 11.4 Å². The van der Waals surface area contributed by atoms with Gasteiger partial charge in [0, 0.05) is 15.9 Å². The molecule has 0 aliphatic carbocycles. The van der Waals surface area contributed by atoms with Crippen LogP contribution >= 0.6 is 27.7 Å². The lowest BCUT2D eigenvalue weighted by Gasteiger charge is -2.14. The fraction of sp³-hybridized carbons (Fsp3) is 0.118. The van der Waals surface area contributed by atoms with Gasteiger partial charge in [0.2, 0.25) is 5.16 Å². The minimum Gasteiger partial charge on any atom is -0.378 e. The molecule has 1 aliphatic rings. The molecule has 7 heteroatoms. The monoisotopic (exact) mass is 399 g/mol. The van der Waals surface area contributed by atoms with E-state index < -0.39 is 0 Å². The van der Waals surface area contributed by atoms with Crippen LogP contribution in [0.3, 0.4) is 0 Å². The lowest BCUT2D eigenvalue weighted by atomic mass is 10.1. The van der Waals surface area contributed by atoms with E-state index in [1.54, 1.807) is 11.8 Å². The van der Waals surface area contributed by atoms with E-state index in [-0.39, 0.29) is 0 Å². The summed E-state index contributed by atoms with van der Waals surface area (Å²) in [4.78, 5) is 0. The zero-order chi connectivity index (χ0) is 16.4. The van der Waals surface area contributed by atoms with Crippen LogP contribution in [0.25, 0.3) is 0 Å². The van der Waals surface area contributed by atoms with Gasteiger partial charge in [0.25, 0.3) is 0 Å². The molecule has 0 amide bonds. The van der Waals surface area contributed by atoms with Crippen molar-refractivity contribution in [2.45, 2.75) is 11.7 Å². The molecule has 120 valence electrons. The van der Waals surface area contributed by atoms with E-state index in [0.717, 1.165) is 38.2 Å². The molecule has 0 unspecified atom stereocenters. The third-order valence-electron chi connectivity index (χ3n) is 3.64. The average Bonchev–Trinajstić information content (AvgIpc) is 3.04. The third kappa shape index (κ3) is 3.22. The number of hydrogen-bond donors (Lipinski definition) is 1. The van der Waals surface area contributed by atoms with Crippen molar-refractivity contribution in [3.8, 4) is 0 Å². The maximum absolute atomic E-state index is 4.75. The largest absolute Gasteiger partial charge is 0.378 e. The zero-order valence-electron chi connectivity index (χ0n) is 12.7. The van der Waals surface area contributed by atoms with Gasteiger partial charge in [0.15, 0.2) is 5.82 Å². The summed E-state index contributed by atoms with van der Waals surface area (Å²) in [6.45, 7) is 0.578. The molecule has 1 aromatic heterocycles. The van der Waals surface area contributed by atoms with Crippen LogP contribution in [0.4, 0.5) is 5.69 Å². The number of benzene rings is 2. The van der Waals surface area contributed by atoms with Gasteiger partial charge in [0.05, 0.1) is 12.3 Å². The molecular formula is C17H14BrN5S. The Kier molecular flexibility index (Phi) is 4.36. The summed E-state index contributed by atoms with van der Waals surface area (Å²) in [5.74, 6) is 1.60. The van der Waals surface area contributed by atoms with Gasteiger partial charge in [0.1, 0.15) is 0 Å². The topological polar surface area (TPSA) is 55.1 Å². The number of aromatic nitrogens is 3. The van der Waals surface area contributed by atoms with Crippen molar-refractivity contribution in [1.82, 2.24) is 14.9 Å². The quantitative estimate of drug-likeness (QED) is 0.719. The first kappa shape index (κ1) is 15.4. The summed E-state index contributed by atoms with van der Waals surface area (Å²) in [6, 6.07) is 18.3. The average molecular weight is 400 g/mol. The van der Waals surface area contributed by atoms with Crippen LogP contribution < -0.4 is 5.32 Å². The highest BCUT2D eigenvalue weighted by atomic mass is 79.9. The highest BCUT2D eigenvalue weighted by Gasteiger charge is 2.19. The number of anilines is 1. The fourth-order valence-electron chi connectivity index (χ4n) is 2.40. The van der Waals surface area contributed by atoms with Crippen LogP contribution in [0, 0.1) is 0 Å². The lowest BCUT2D eigenvalue weighted by Crippen LogP contribution is -2.15. The third-order valence-corrected chi connectivity index (χ3v) is 5.10.